The first-order valence-electron chi connectivity index (χ1n) is 7.99. The fourth-order valence-corrected chi connectivity index (χ4v) is 2.43. The van der Waals surface area contributed by atoms with E-state index in [1.54, 1.807) is 18.6 Å². The van der Waals surface area contributed by atoms with Crippen molar-refractivity contribution in [3.05, 3.63) is 77.7 Å². The summed E-state index contributed by atoms with van der Waals surface area (Å²) in [5.41, 5.74) is 3.85. The number of pyridine rings is 1. The Morgan fingerprint density at radius 2 is 2.24 bits per heavy atom. The summed E-state index contributed by atoms with van der Waals surface area (Å²) in [6.07, 6.45) is 13.5. The number of dihydropyridines is 1. The topological polar surface area (TPSA) is 86.5 Å². The second kappa shape index (κ2) is 7.88. The fourth-order valence-electron chi connectivity index (χ4n) is 2.43. The van der Waals surface area contributed by atoms with Crippen molar-refractivity contribution >= 4 is 11.5 Å². The van der Waals surface area contributed by atoms with Gasteiger partial charge in [-0.3, -0.25) is 4.98 Å². The number of hydrogen-bond acceptors (Lipinski definition) is 6. The van der Waals surface area contributed by atoms with Crippen molar-refractivity contribution in [3.63, 3.8) is 0 Å². The van der Waals surface area contributed by atoms with Crippen LogP contribution in [-0.4, -0.2) is 21.5 Å². The van der Waals surface area contributed by atoms with Gasteiger partial charge in [0.25, 0.3) is 0 Å². The zero-order valence-corrected chi connectivity index (χ0v) is 13.9. The molecule has 1 aliphatic rings. The van der Waals surface area contributed by atoms with Crippen LogP contribution in [0.2, 0.25) is 0 Å². The van der Waals surface area contributed by atoms with Crippen LogP contribution in [0.3, 0.4) is 0 Å². The van der Waals surface area contributed by atoms with E-state index in [9.17, 15) is 5.26 Å². The molecule has 0 saturated carbocycles. The zero-order valence-electron chi connectivity index (χ0n) is 13.9. The van der Waals surface area contributed by atoms with Crippen molar-refractivity contribution < 1.29 is 0 Å². The maximum Gasteiger partial charge on any atom is 0.223 e. The fraction of sp³-hybridized carbons (Fsp3) is 0.158. The monoisotopic (exact) mass is 330 g/mol. The van der Waals surface area contributed by atoms with E-state index in [-0.39, 0.29) is 0 Å². The van der Waals surface area contributed by atoms with Crippen molar-refractivity contribution in [2.75, 3.05) is 11.9 Å². The van der Waals surface area contributed by atoms with Crippen LogP contribution in [0.25, 0.3) is 5.57 Å². The first-order valence-corrected chi connectivity index (χ1v) is 7.99. The first-order chi connectivity index (χ1) is 12.3. The van der Waals surface area contributed by atoms with Crippen LogP contribution in [0, 0.1) is 18.3 Å². The Kier molecular flexibility index (Phi) is 5.17. The van der Waals surface area contributed by atoms with E-state index < -0.39 is 0 Å². The lowest BCUT2D eigenvalue weighted by molar-refractivity contribution is 0.966. The van der Waals surface area contributed by atoms with Crippen LogP contribution in [-0.2, 0) is 6.42 Å². The molecule has 6 heteroatoms. The summed E-state index contributed by atoms with van der Waals surface area (Å²) in [5, 5.41) is 15.9. The number of hydrogen-bond donors (Lipinski definition) is 2. The molecule has 6 nitrogen and oxygen atoms in total. The number of nitrogens with zero attached hydrogens (tertiary/aromatic N) is 4. The van der Waals surface area contributed by atoms with E-state index in [1.165, 1.54) is 0 Å². The second-order valence-corrected chi connectivity index (χ2v) is 5.53. The quantitative estimate of drug-likeness (QED) is 0.820. The van der Waals surface area contributed by atoms with Crippen molar-refractivity contribution in [3.8, 4) is 6.07 Å². The predicted octanol–water partition coefficient (Wildman–Crippen LogP) is 2.74. The standard InChI is InChI=1S/C19H18N6/c1-14-12-24-19(23-10-7-15-5-4-8-21-13-15)25-18(14)16(11-20)17-6-2-3-9-22-17/h2-6,8-9,12-13,22H,7,10H2,1H3,(H,23,24,25)/b17-16-. The molecule has 3 rings (SSSR count). The van der Waals surface area contributed by atoms with E-state index in [0.29, 0.717) is 23.8 Å². The Morgan fingerprint density at radius 3 is 2.96 bits per heavy atom. The average Bonchev–Trinajstić information content (AvgIpc) is 2.66. The molecule has 0 radical (unpaired) electrons. The van der Waals surface area contributed by atoms with Gasteiger partial charge in [0.2, 0.25) is 5.95 Å². The van der Waals surface area contributed by atoms with Crippen LogP contribution in [0.5, 0.6) is 0 Å². The van der Waals surface area contributed by atoms with Crippen molar-refractivity contribution in [1.29, 1.82) is 5.26 Å². The molecule has 0 atom stereocenters. The predicted molar refractivity (Wildman–Crippen MR) is 97.1 cm³/mol. The lowest BCUT2D eigenvalue weighted by atomic mass is 10.1. The van der Waals surface area contributed by atoms with E-state index in [2.05, 4.69) is 31.7 Å². The number of allylic oxidation sites excluding steroid dienone is 4. The molecule has 0 spiro atoms. The van der Waals surface area contributed by atoms with Gasteiger partial charge >= 0.3 is 0 Å². The summed E-state index contributed by atoms with van der Waals surface area (Å²) in [5.74, 6) is 0.508. The molecular formula is C19H18N6. The molecule has 2 aromatic rings. The van der Waals surface area contributed by atoms with Gasteiger partial charge in [-0.1, -0.05) is 12.1 Å². The number of nitrogens with one attached hydrogen (secondary N) is 2. The lowest BCUT2D eigenvalue weighted by Gasteiger charge is -2.12. The molecule has 0 aromatic carbocycles. The molecule has 3 heterocycles. The van der Waals surface area contributed by atoms with Crippen LogP contribution >= 0.6 is 0 Å². The zero-order chi connectivity index (χ0) is 17.5. The van der Waals surface area contributed by atoms with Gasteiger partial charge in [0.05, 0.1) is 11.4 Å². The molecule has 0 saturated heterocycles. The minimum absolute atomic E-state index is 0.496. The Balaban J connectivity index is 1.77. The molecule has 0 unspecified atom stereocenters. The van der Waals surface area contributed by atoms with Crippen molar-refractivity contribution in [1.82, 2.24) is 20.3 Å². The Labute approximate surface area is 146 Å². The largest absolute Gasteiger partial charge is 0.361 e. The third-order valence-electron chi connectivity index (χ3n) is 3.72. The summed E-state index contributed by atoms with van der Waals surface area (Å²) in [6.45, 7) is 2.59. The molecular weight excluding hydrogens is 312 g/mol. The third kappa shape index (κ3) is 4.09. The molecule has 2 aromatic heterocycles. The van der Waals surface area contributed by atoms with Crippen molar-refractivity contribution in [2.24, 2.45) is 0 Å². The van der Waals surface area contributed by atoms with E-state index in [0.717, 1.165) is 23.2 Å². The van der Waals surface area contributed by atoms with Gasteiger partial charge in [-0.05, 0) is 42.7 Å². The average molecular weight is 330 g/mol. The maximum absolute atomic E-state index is 9.58. The summed E-state index contributed by atoms with van der Waals surface area (Å²) < 4.78 is 0. The summed E-state index contributed by atoms with van der Waals surface area (Å²) in [4.78, 5) is 12.9. The highest BCUT2D eigenvalue weighted by atomic mass is 15.1. The Bertz CT molecular complexity index is 875. The number of aryl methyl sites for hydroxylation is 1. The van der Waals surface area contributed by atoms with E-state index >= 15 is 0 Å². The number of aromatic nitrogens is 3. The minimum Gasteiger partial charge on any atom is -0.361 e. The highest BCUT2D eigenvalue weighted by Gasteiger charge is 2.13. The SMILES string of the molecule is Cc1cnc(NCCc2cccnc2)nc1/C(C#N)=C1/C=CC=CN1. The first kappa shape index (κ1) is 16.4. The van der Waals surface area contributed by atoms with Crippen LogP contribution in [0.4, 0.5) is 5.95 Å². The second-order valence-electron chi connectivity index (χ2n) is 5.53. The Morgan fingerprint density at radius 1 is 1.32 bits per heavy atom. The number of rotatable bonds is 5. The Hall–Kier alpha value is -3.46. The molecule has 1 aliphatic heterocycles. The van der Waals surface area contributed by atoms with Gasteiger partial charge in [-0.2, -0.15) is 5.26 Å². The molecule has 0 amide bonds. The molecule has 2 N–H and O–H groups in total. The van der Waals surface area contributed by atoms with Gasteiger partial charge in [0.1, 0.15) is 11.6 Å². The van der Waals surface area contributed by atoms with Crippen molar-refractivity contribution in [2.45, 2.75) is 13.3 Å². The maximum atomic E-state index is 9.58. The number of nitriles is 1. The van der Waals surface area contributed by atoms with Crippen LogP contribution in [0.1, 0.15) is 16.8 Å². The summed E-state index contributed by atoms with van der Waals surface area (Å²) in [7, 11) is 0. The third-order valence-corrected chi connectivity index (χ3v) is 3.72. The van der Waals surface area contributed by atoms with E-state index in [4.69, 9.17) is 0 Å². The van der Waals surface area contributed by atoms with Gasteiger partial charge < -0.3 is 10.6 Å². The minimum atomic E-state index is 0.496. The van der Waals surface area contributed by atoms with Gasteiger partial charge in [0, 0.05) is 31.3 Å². The van der Waals surface area contributed by atoms with Gasteiger partial charge in [0.15, 0.2) is 0 Å². The smallest absolute Gasteiger partial charge is 0.223 e. The van der Waals surface area contributed by atoms with Gasteiger partial charge in [-0.15, -0.1) is 0 Å². The van der Waals surface area contributed by atoms with Gasteiger partial charge in [-0.25, -0.2) is 9.97 Å². The van der Waals surface area contributed by atoms with Crippen LogP contribution in [0.15, 0.2) is 60.8 Å². The van der Waals surface area contributed by atoms with E-state index in [1.807, 2.05) is 43.5 Å². The number of anilines is 1. The molecule has 0 fully saturated rings. The highest BCUT2D eigenvalue weighted by Crippen LogP contribution is 2.21. The molecule has 124 valence electrons. The highest BCUT2D eigenvalue weighted by molar-refractivity contribution is 5.80. The van der Waals surface area contributed by atoms with Crippen LogP contribution < -0.4 is 10.6 Å². The lowest BCUT2D eigenvalue weighted by Crippen LogP contribution is -2.12. The molecule has 0 aliphatic carbocycles. The normalized spacial score (nSPS) is 14.6. The molecule has 25 heavy (non-hydrogen) atoms. The molecule has 0 bridgehead atoms. The summed E-state index contributed by atoms with van der Waals surface area (Å²) in [6, 6.07) is 6.19. The summed E-state index contributed by atoms with van der Waals surface area (Å²) >= 11 is 0.